The van der Waals surface area contributed by atoms with E-state index < -0.39 is 0 Å². The summed E-state index contributed by atoms with van der Waals surface area (Å²) in [5.41, 5.74) is 3.96. The minimum absolute atomic E-state index is 0.0435. The second kappa shape index (κ2) is 4.35. The van der Waals surface area contributed by atoms with Crippen molar-refractivity contribution in [2.24, 2.45) is 0 Å². The molecule has 1 N–H and O–H groups in total. The van der Waals surface area contributed by atoms with Crippen molar-refractivity contribution >= 4 is 17.1 Å². The van der Waals surface area contributed by atoms with Gasteiger partial charge in [-0.2, -0.15) is 0 Å². The van der Waals surface area contributed by atoms with Crippen LogP contribution in [0.1, 0.15) is 38.8 Å². The number of ketones is 1. The number of ether oxygens (including phenoxy) is 1. The summed E-state index contributed by atoms with van der Waals surface area (Å²) in [4.78, 5) is 17.4. The van der Waals surface area contributed by atoms with Crippen LogP contribution in [0, 0.1) is 6.92 Å². The highest BCUT2D eigenvalue weighted by molar-refractivity contribution is 7.09. The molecular weight excluding hydrogens is 262 g/mol. The lowest BCUT2D eigenvalue weighted by atomic mass is 9.97. The number of methoxy groups -OCH3 is 1. The van der Waals surface area contributed by atoms with Gasteiger partial charge < -0.3 is 9.84 Å². The van der Waals surface area contributed by atoms with Crippen LogP contribution in [0.25, 0.3) is 0 Å². The molecule has 0 saturated carbocycles. The van der Waals surface area contributed by atoms with E-state index in [1.165, 1.54) is 18.4 Å². The number of fused-ring (bicyclic) bond motifs is 1. The highest BCUT2D eigenvalue weighted by atomic mass is 32.1. The van der Waals surface area contributed by atoms with Crippen molar-refractivity contribution in [3.05, 3.63) is 39.3 Å². The standard InChI is InChI=1S/C14H13NO3S/c1-7-14(19-6-15-7)10-5-11(16)9-3-8(18-2)4-12(17)13(9)10/h3-4,6,10,17H,5H2,1-2H3. The minimum Gasteiger partial charge on any atom is -0.507 e. The molecule has 1 aromatic heterocycles. The Balaban J connectivity index is 2.17. The summed E-state index contributed by atoms with van der Waals surface area (Å²) in [6.45, 7) is 1.93. The number of nitrogens with zero attached hydrogens (tertiary/aromatic N) is 1. The first kappa shape index (κ1) is 12.2. The number of aryl methyl sites for hydroxylation is 1. The topological polar surface area (TPSA) is 59.4 Å². The van der Waals surface area contributed by atoms with E-state index in [0.29, 0.717) is 23.3 Å². The minimum atomic E-state index is -0.0825. The molecular formula is C14H13NO3S. The third-order valence-electron chi connectivity index (χ3n) is 3.50. The zero-order valence-electron chi connectivity index (χ0n) is 10.6. The number of hydrogen-bond acceptors (Lipinski definition) is 5. The van der Waals surface area contributed by atoms with Crippen LogP contribution in [0.15, 0.2) is 17.6 Å². The molecule has 1 aliphatic rings. The average Bonchev–Trinajstić information content (AvgIpc) is 2.94. The largest absolute Gasteiger partial charge is 0.507 e. The number of phenols is 1. The van der Waals surface area contributed by atoms with Gasteiger partial charge in [0.05, 0.1) is 18.3 Å². The van der Waals surface area contributed by atoms with Crippen LogP contribution in [0.5, 0.6) is 11.5 Å². The molecule has 1 unspecified atom stereocenters. The molecule has 0 radical (unpaired) electrons. The number of carbonyl (C=O) groups is 1. The maximum atomic E-state index is 12.1. The lowest BCUT2D eigenvalue weighted by Gasteiger charge is -2.12. The summed E-state index contributed by atoms with van der Waals surface area (Å²) in [5, 5.41) is 10.2. The van der Waals surface area contributed by atoms with Crippen LogP contribution in [0.2, 0.25) is 0 Å². The van der Waals surface area contributed by atoms with Crippen molar-refractivity contribution < 1.29 is 14.6 Å². The van der Waals surface area contributed by atoms with Crippen LogP contribution in [-0.4, -0.2) is 23.0 Å². The molecule has 1 aromatic carbocycles. The van der Waals surface area contributed by atoms with E-state index in [2.05, 4.69) is 4.98 Å². The summed E-state index contributed by atoms with van der Waals surface area (Å²) in [6, 6.07) is 3.26. The molecule has 0 amide bonds. The normalized spacial score (nSPS) is 17.6. The van der Waals surface area contributed by atoms with Crippen LogP contribution in [0.3, 0.4) is 0 Å². The van der Waals surface area contributed by atoms with E-state index in [4.69, 9.17) is 4.74 Å². The van der Waals surface area contributed by atoms with Crippen LogP contribution in [0.4, 0.5) is 0 Å². The number of thiazole rings is 1. The van der Waals surface area contributed by atoms with E-state index in [-0.39, 0.29) is 17.5 Å². The fourth-order valence-electron chi connectivity index (χ4n) is 2.59. The van der Waals surface area contributed by atoms with Gasteiger partial charge in [0, 0.05) is 34.4 Å². The fourth-order valence-corrected chi connectivity index (χ4v) is 3.51. The highest BCUT2D eigenvalue weighted by Gasteiger charge is 2.35. The molecule has 0 spiro atoms. The quantitative estimate of drug-likeness (QED) is 0.915. The molecule has 0 saturated heterocycles. The molecule has 98 valence electrons. The summed E-state index contributed by atoms with van der Waals surface area (Å²) in [6.07, 6.45) is 0.388. The van der Waals surface area contributed by atoms with E-state index in [0.717, 1.165) is 10.6 Å². The maximum absolute atomic E-state index is 12.1. The second-order valence-corrected chi connectivity index (χ2v) is 5.48. The Morgan fingerprint density at radius 1 is 1.47 bits per heavy atom. The first-order chi connectivity index (χ1) is 9.11. The smallest absolute Gasteiger partial charge is 0.164 e. The van der Waals surface area contributed by atoms with E-state index in [1.807, 2.05) is 6.92 Å². The lowest BCUT2D eigenvalue weighted by molar-refractivity contribution is 0.0991. The van der Waals surface area contributed by atoms with Gasteiger partial charge in [-0.1, -0.05) is 0 Å². The number of phenolic OH excluding ortho intramolecular Hbond substituents is 1. The SMILES string of the molecule is COc1cc(O)c2c(c1)C(=O)CC2c1scnc1C. The Morgan fingerprint density at radius 2 is 2.26 bits per heavy atom. The third kappa shape index (κ3) is 1.81. The van der Waals surface area contributed by atoms with Crippen molar-refractivity contribution in [2.45, 2.75) is 19.3 Å². The van der Waals surface area contributed by atoms with Gasteiger partial charge >= 0.3 is 0 Å². The molecule has 0 bridgehead atoms. The lowest BCUT2D eigenvalue weighted by Crippen LogP contribution is -1.97. The van der Waals surface area contributed by atoms with Crippen LogP contribution >= 0.6 is 11.3 Å². The molecule has 1 atom stereocenters. The van der Waals surface area contributed by atoms with Gasteiger partial charge in [-0.3, -0.25) is 4.79 Å². The molecule has 1 aliphatic carbocycles. The summed E-state index contributed by atoms with van der Waals surface area (Å²) >= 11 is 1.53. The van der Waals surface area contributed by atoms with Gasteiger partial charge in [-0.15, -0.1) is 11.3 Å². The molecule has 0 fully saturated rings. The Morgan fingerprint density at radius 3 is 2.89 bits per heavy atom. The van der Waals surface area contributed by atoms with Gasteiger partial charge in [0.2, 0.25) is 0 Å². The first-order valence-corrected chi connectivity index (χ1v) is 6.84. The van der Waals surface area contributed by atoms with Crippen molar-refractivity contribution in [3.8, 4) is 11.5 Å². The van der Waals surface area contributed by atoms with Crippen molar-refractivity contribution in [3.63, 3.8) is 0 Å². The first-order valence-electron chi connectivity index (χ1n) is 5.96. The predicted octanol–water partition coefficient (Wildman–Crippen LogP) is 2.88. The van der Waals surface area contributed by atoms with Gasteiger partial charge in [-0.05, 0) is 13.0 Å². The summed E-state index contributed by atoms with van der Waals surface area (Å²) in [7, 11) is 1.52. The molecule has 19 heavy (non-hydrogen) atoms. The van der Waals surface area contributed by atoms with Gasteiger partial charge in [0.1, 0.15) is 11.5 Å². The molecule has 1 heterocycles. The third-order valence-corrected chi connectivity index (χ3v) is 4.55. The van der Waals surface area contributed by atoms with E-state index >= 15 is 0 Å². The number of rotatable bonds is 2. The van der Waals surface area contributed by atoms with Crippen LogP contribution < -0.4 is 4.74 Å². The monoisotopic (exact) mass is 275 g/mol. The Bertz CT molecular complexity index is 663. The number of aromatic hydroxyl groups is 1. The summed E-state index contributed by atoms with van der Waals surface area (Å²) < 4.78 is 5.10. The van der Waals surface area contributed by atoms with Crippen molar-refractivity contribution in [2.75, 3.05) is 7.11 Å². The molecule has 3 rings (SSSR count). The molecule has 4 nitrogen and oxygen atoms in total. The Hall–Kier alpha value is -1.88. The number of carbonyl (C=O) groups excluding carboxylic acids is 1. The van der Waals surface area contributed by atoms with Gasteiger partial charge in [0.25, 0.3) is 0 Å². The molecule has 2 aromatic rings. The fraction of sp³-hybridized carbons (Fsp3) is 0.286. The predicted molar refractivity (Wildman–Crippen MR) is 72.3 cm³/mol. The van der Waals surface area contributed by atoms with Crippen LogP contribution in [-0.2, 0) is 0 Å². The van der Waals surface area contributed by atoms with Gasteiger partial charge in [-0.25, -0.2) is 4.98 Å². The molecule has 5 heteroatoms. The number of aromatic nitrogens is 1. The highest BCUT2D eigenvalue weighted by Crippen LogP contribution is 2.46. The Kier molecular flexibility index (Phi) is 2.78. The van der Waals surface area contributed by atoms with Crippen molar-refractivity contribution in [1.82, 2.24) is 4.98 Å². The zero-order valence-corrected chi connectivity index (χ0v) is 11.5. The zero-order chi connectivity index (χ0) is 13.6. The molecule has 0 aliphatic heterocycles. The maximum Gasteiger partial charge on any atom is 0.164 e. The number of hydrogen-bond donors (Lipinski definition) is 1. The van der Waals surface area contributed by atoms with Gasteiger partial charge in [0.15, 0.2) is 5.78 Å². The number of benzene rings is 1. The second-order valence-electron chi connectivity index (χ2n) is 4.59. The summed E-state index contributed by atoms with van der Waals surface area (Å²) in [5.74, 6) is 0.590. The van der Waals surface area contributed by atoms with E-state index in [9.17, 15) is 9.90 Å². The number of Topliss-reactive ketones (excluding diaryl/α,β-unsaturated/α-hetero) is 1. The van der Waals surface area contributed by atoms with E-state index in [1.54, 1.807) is 17.6 Å². The average molecular weight is 275 g/mol. The van der Waals surface area contributed by atoms with Crippen molar-refractivity contribution in [1.29, 1.82) is 0 Å². The Labute approximate surface area is 114 Å².